The summed E-state index contributed by atoms with van der Waals surface area (Å²) in [7, 11) is 1.68. The van der Waals surface area contributed by atoms with Gasteiger partial charge < -0.3 is 15.2 Å². The predicted molar refractivity (Wildman–Crippen MR) is 83.5 cm³/mol. The number of aliphatic hydroxyl groups excluding tert-OH is 1. The number of ether oxygens (including phenoxy) is 1. The number of hydrogen-bond acceptors (Lipinski definition) is 4. The molecule has 0 amide bonds. The maximum Gasteiger partial charge on any atom is 0.118 e. The molecule has 2 rings (SSSR count). The zero-order valence-electron chi connectivity index (χ0n) is 11.7. The summed E-state index contributed by atoms with van der Waals surface area (Å²) < 4.78 is 5.13. The van der Waals surface area contributed by atoms with Gasteiger partial charge in [0.25, 0.3) is 0 Å². The van der Waals surface area contributed by atoms with Crippen molar-refractivity contribution in [3.63, 3.8) is 0 Å². The zero-order chi connectivity index (χ0) is 14.2. The summed E-state index contributed by atoms with van der Waals surface area (Å²) in [4.78, 5) is 1.04. The van der Waals surface area contributed by atoms with Crippen molar-refractivity contribution >= 4 is 11.3 Å². The Morgan fingerprint density at radius 1 is 1.20 bits per heavy atom. The van der Waals surface area contributed by atoms with Crippen molar-refractivity contribution in [2.75, 3.05) is 20.2 Å². The second-order valence-corrected chi connectivity index (χ2v) is 5.65. The summed E-state index contributed by atoms with van der Waals surface area (Å²) in [5, 5.41) is 15.3. The lowest BCUT2D eigenvalue weighted by atomic mass is 10.1. The number of rotatable bonds is 8. The monoisotopic (exact) mass is 291 g/mol. The lowest BCUT2D eigenvalue weighted by Gasteiger charge is -2.09. The molecule has 1 aromatic heterocycles. The summed E-state index contributed by atoms with van der Waals surface area (Å²) in [6.45, 7) is 1.75. The molecule has 0 radical (unpaired) electrons. The van der Waals surface area contributed by atoms with Gasteiger partial charge >= 0.3 is 0 Å². The van der Waals surface area contributed by atoms with E-state index in [9.17, 15) is 5.11 Å². The van der Waals surface area contributed by atoms with Gasteiger partial charge in [-0.1, -0.05) is 18.2 Å². The average Bonchev–Trinajstić information content (AvgIpc) is 3.01. The van der Waals surface area contributed by atoms with E-state index in [0.29, 0.717) is 0 Å². The number of methoxy groups -OCH3 is 1. The van der Waals surface area contributed by atoms with Crippen LogP contribution in [-0.4, -0.2) is 25.3 Å². The van der Waals surface area contributed by atoms with Crippen molar-refractivity contribution in [2.45, 2.75) is 18.9 Å². The molecule has 3 nitrogen and oxygen atoms in total. The molecule has 4 heteroatoms. The normalized spacial score (nSPS) is 12.3. The predicted octanol–water partition coefficient (Wildman–Crippen LogP) is 3.01. The molecule has 2 aromatic rings. The molecule has 1 heterocycles. The largest absolute Gasteiger partial charge is 0.497 e. The Kier molecular flexibility index (Phi) is 6.05. The molecule has 2 N–H and O–H groups in total. The van der Waals surface area contributed by atoms with E-state index in [1.54, 1.807) is 18.4 Å². The van der Waals surface area contributed by atoms with Gasteiger partial charge in [0.05, 0.1) is 13.2 Å². The number of thiophene rings is 1. The first-order valence-corrected chi connectivity index (χ1v) is 7.72. The zero-order valence-corrected chi connectivity index (χ0v) is 12.5. The van der Waals surface area contributed by atoms with E-state index in [2.05, 4.69) is 17.4 Å². The molecule has 1 atom stereocenters. The van der Waals surface area contributed by atoms with E-state index in [-0.39, 0.29) is 6.10 Å². The van der Waals surface area contributed by atoms with Crippen LogP contribution in [0.1, 0.15) is 23.0 Å². The Hall–Kier alpha value is -1.36. The van der Waals surface area contributed by atoms with Crippen LogP contribution in [0.25, 0.3) is 0 Å². The van der Waals surface area contributed by atoms with Crippen molar-refractivity contribution in [1.82, 2.24) is 5.32 Å². The molecular weight excluding hydrogens is 270 g/mol. The van der Waals surface area contributed by atoms with E-state index < -0.39 is 0 Å². The molecule has 108 valence electrons. The lowest BCUT2D eigenvalue weighted by Crippen LogP contribution is -2.20. The second-order valence-electron chi connectivity index (χ2n) is 4.67. The Morgan fingerprint density at radius 3 is 2.65 bits per heavy atom. The first-order chi connectivity index (χ1) is 9.79. The maximum atomic E-state index is 9.94. The fourth-order valence-corrected chi connectivity index (χ4v) is 2.76. The van der Waals surface area contributed by atoms with E-state index in [1.807, 2.05) is 29.6 Å². The molecule has 0 fully saturated rings. The van der Waals surface area contributed by atoms with E-state index in [4.69, 9.17) is 4.74 Å². The molecular formula is C16H21NO2S. The summed E-state index contributed by atoms with van der Waals surface area (Å²) in [5.41, 5.74) is 1.29. The van der Waals surface area contributed by atoms with Crippen LogP contribution in [0, 0.1) is 0 Å². The van der Waals surface area contributed by atoms with Gasteiger partial charge in [-0.3, -0.25) is 0 Å². The highest BCUT2D eigenvalue weighted by Crippen LogP contribution is 2.20. The number of nitrogens with one attached hydrogen (secondary N) is 1. The molecule has 0 bridgehead atoms. The SMILES string of the molecule is COc1ccc(CCNCCC(O)c2cccs2)cc1. The molecule has 1 unspecified atom stereocenters. The van der Waals surface area contributed by atoms with Gasteiger partial charge in [-0.25, -0.2) is 0 Å². The minimum absolute atomic E-state index is 0.344. The Bertz CT molecular complexity index is 482. The topological polar surface area (TPSA) is 41.5 Å². The van der Waals surface area contributed by atoms with Crippen molar-refractivity contribution in [1.29, 1.82) is 0 Å². The molecule has 0 aliphatic carbocycles. The number of hydrogen-bond donors (Lipinski definition) is 2. The molecule has 20 heavy (non-hydrogen) atoms. The first kappa shape index (κ1) is 15.0. The summed E-state index contributed by atoms with van der Waals surface area (Å²) in [6.07, 6.45) is 1.39. The van der Waals surface area contributed by atoms with Crippen LogP contribution in [-0.2, 0) is 6.42 Å². The van der Waals surface area contributed by atoms with Crippen LogP contribution in [0.15, 0.2) is 41.8 Å². The molecule has 0 aliphatic rings. The van der Waals surface area contributed by atoms with Gasteiger partial charge in [0.1, 0.15) is 5.75 Å². The maximum absolute atomic E-state index is 9.94. The number of benzene rings is 1. The van der Waals surface area contributed by atoms with Crippen LogP contribution in [0.2, 0.25) is 0 Å². The highest BCUT2D eigenvalue weighted by molar-refractivity contribution is 7.10. The van der Waals surface area contributed by atoms with Crippen LogP contribution < -0.4 is 10.1 Å². The Morgan fingerprint density at radius 2 is 2.00 bits per heavy atom. The molecule has 0 aliphatic heterocycles. The van der Waals surface area contributed by atoms with Crippen molar-refractivity contribution in [2.24, 2.45) is 0 Å². The Balaban J connectivity index is 1.61. The van der Waals surface area contributed by atoms with E-state index in [1.165, 1.54) is 5.56 Å². The van der Waals surface area contributed by atoms with Gasteiger partial charge in [0, 0.05) is 4.88 Å². The van der Waals surface area contributed by atoms with Crippen molar-refractivity contribution in [3.05, 3.63) is 52.2 Å². The van der Waals surface area contributed by atoms with Crippen molar-refractivity contribution < 1.29 is 9.84 Å². The summed E-state index contributed by atoms with van der Waals surface area (Å²) >= 11 is 1.61. The minimum Gasteiger partial charge on any atom is -0.497 e. The van der Waals surface area contributed by atoms with Gasteiger partial charge in [-0.15, -0.1) is 11.3 Å². The minimum atomic E-state index is -0.344. The quantitative estimate of drug-likeness (QED) is 0.735. The summed E-state index contributed by atoms with van der Waals surface area (Å²) in [6, 6.07) is 12.1. The first-order valence-electron chi connectivity index (χ1n) is 6.84. The fourth-order valence-electron chi connectivity index (χ4n) is 2.01. The number of aliphatic hydroxyl groups is 1. The second kappa shape index (κ2) is 8.04. The van der Waals surface area contributed by atoms with Crippen LogP contribution in [0.4, 0.5) is 0 Å². The summed E-state index contributed by atoms with van der Waals surface area (Å²) in [5.74, 6) is 0.890. The van der Waals surface area contributed by atoms with E-state index in [0.717, 1.165) is 36.6 Å². The van der Waals surface area contributed by atoms with E-state index >= 15 is 0 Å². The van der Waals surface area contributed by atoms with Gasteiger partial charge in [-0.2, -0.15) is 0 Å². The third-order valence-electron chi connectivity index (χ3n) is 3.22. The smallest absolute Gasteiger partial charge is 0.118 e. The van der Waals surface area contributed by atoms with Crippen LogP contribution >= 0.6 is 11.3 Å². The fraction of sp³-hybridized carbons (Fsp3) is 0.375. The highest BCUT2D eigenvalue weighted by atomic mass is 32.1. The van der Waals surface area contributed by atoms with Gasteiger partial charge in [0.15, 0.2) is 0 Å². The molecule has 1 aromatic carbocycles. The molecule has 0 saturated carbocycles. The average molecular weight is 291 g/mol. The van der Waals surface area contributed by atoms with Gasteiger partial charge in [0.2, 0.25) is 0 Å². The lowest BCUT2D eigenvalue weighted by molar-refractivity contribution is 0.170. The Labute approximate surface area is 124 Å². The van der Waals surface area contributed by atoms with Crippen LogP contribution in [0.5, 0.6) is 5.75 Å². The standard InChI is InChI=1S/C16H21NO2S/c1-19-14-6-4-13(5-7-14)8-10-17-11-9-15(18)16-3-2-12-20-16/h2-7,12,15,17-18H,8-11H2,1H3. The third-order valence-corrected chi connectivity index (χ3v) is 4.19. The van der Waals surface area contributed by atoms with Crippen molar-refractivity contribution in [3.8, 4) is 5.75 Å². The highest BCUT2D eigenvalue weighted by Gasteiger charge is 2.07. The van der Waals surface area contributed by atoms with Crippen LogP contribution in [0.3, 0.4) is 0 Å². The van der Waals surface area contributed by atoms with Gasteiger partial charge in [-0.05, 0) is 55.1 Å². The molecule has 0 spiro atoms. The molecule has 0 saturated heterocycles. The third kappa shape index (κ3) is 4.63.